The number of thioether (sulfide) groups is 1. The highest BCUT2D eigenvalue weighted by molar-refractivity contribution is 7.97. The summed E-state index contributed by atoms with van der Waals surface area (Å²) in [6.07, 6.45) is 5.84. The zero-order valence-corrected chi connectivity index (χ0v) is 21.6. The van der Waals surface area contributed by atoms with Crippen LogP contribution in [0.1, 0.15) is 12.5 Å². The number of pyridine rings is 1. The number of ether oxygens (including phenoxy) is 2. The van der Waals surface area contributed by atoms with Crippen LogP contribution in [0.3, 0.4) is 0 Å². The Bertz CT molecular complexity index is 1050. The van der Waals surface area contributed by atoms with E-state index in [1.54, 1.807) is 6.20 Å². The predicted molar refractivity (Wildman–Crippen MR) is 134 cm³/mol. The zero-order valence-electron chi connectivity index (χ0n) is 19.7. The molecule has 1 fully saturated rings. The van der Waals surface area contributed by atoms with Gasteiger partial charge in [0.2, 0.25) is 0 Å². The van der Waals surface area contributed by atoms with Crippen molar-refractivity contribution in [1.82, 2.24) is 24.5 Å². The van der Waals surface area contributed by atoms with E-state index in [0.29, 0.717) is 6.73 Å². The molecule has 0 saturated carbocycles. The lowest BCUT2D eigenvalue weighted by molar-refractivity contribution is 0.0782. The zero-order chi connectivity index (χ0) is 22.7. The fraction of sp³-hybridized carbons (Fsp3) is 0.591. The van der Waals surface area contributed by atoms with Crippen LogP contribution in [0.2, 0.25) is 25.7 Å². The van der Waals surface area contributed by atoms with Crippen molar-refractivity contribution in [3.8, 4) is 5.82 Å². The minimum absolute atomic E-state index is 0.289. The third kappa shape index (κ3) is 5.19. The third-order valence-electron chi connectivity index (χ3n) is 5.70. The molecular weight excluding hydrogens is 440 g/mol. The Morgan fingerprint density at radius 2 is 2.12 bits per heavy atom. The molecule has 4 heterocycles. The predicted octanol–water partition coefficient (Wildman–Crippen LogP) is 4.02. The van der Waals surface area contributed by atoms with E-state index in [2.05, 4.69) is 48.9 Å². The van der Waals surface area contributed by atoms with E-state index in [0.717, 1.165) is 60.8 Å². The Morgan fingerprint density at radius 1 is 1.28 bits per heavy atom. The van der Waals surface area contributed by atoms with Gasteiger partial charge in [0.05, 0.1) is 31.6 Å². The monoisotopic (exact) mass is 474 g/mol. The molecule has 3 aromatic rings. The highest BCUT2D eigenvalue weighted by Gasteiger charge is 2.23. The second kappa shape index (κ2) is 9.94. The summed E-state index contributed by atoms with van der Waals surface area (Å²) in [6.45, 7) is 12.7. The fourth-order valence-corrected chi connectivity index (χ4v) is 5.15. The van der Waals surface area contributed by atoms with Gasteiger partial charge in [-0.25, -0.2) is 9.67 Å². The number of morpholine rings is 1. The van der Waals surface area contributed by atoms with Crippen LogP contribution in [-0.4, -0.2) is 71.3 Å². The first kappa shape index (κ1) is 23.3. The van der Waals surface area contributed by atoms with Crippen molar-refractivity contribution >= 4 is 36.7 Å². The second-order valence-electron chi connectivity index (χ2n) is 9.52. The molecule has 3 aromatic heterocycles. The van der Waals surface area contributed by atoms with Crippen LogP contribution in [0, 0.1) is 0 Å². The van der Waals surface area contributed by atoms with Crippen LogP contribution in [0.25, 0.3) is 16.9 Å². The second-order valence-corrected chi connectivity index (χ2v) is 16.0. The summed E-state index contributed by atoms with van der Waals surface area (Å²) in [5.74, 6) is 2.76. The van der Waals surface area contributed by atoms with Gasteiger partial charge in [0.15, 0.2) is 11.5 Å². The molecule has 1 aliphatic heterocycles. The molecule has 0 N–H and O–H groups in total. The van der Waals surface area contributed by atoms with E-state index in [1.165, 1.54) is 5.56 Å². The topological polar surface area (TPSA) is 70.2 Å². The molecule has 0 spiro atoms. The average molecular weight is 475 g/mol. The number of aromatic nitrogens is 5. The molecule has 1 saturated heterocycles. The minimum atomic E-state index is -1.12. The molecule has 0 unspecified atom stereocenters. The smallest absolute Gasteiger partial charge is 0.167 e. The van der Waals surface area contributed by atoms with Crippen LogP contribution in [0.4, 0.5) is 5.82 Å². The summed E-state index contributed by atoms with van der Waals surface area (Å²) < 4.78 is 15.3. The van der Waals surface area contributed by atoms with Gasteiger partial charge < -0.3 is 14.4 Å². The molecule has 174 valence electrons. The van der Waals surface area contributed by atoms with Gasteiger partial charge >= 0.3 is 0 Å². The van der Waals surface area contributed by atoms with Crippen molar-refractivity contribution in [2.45, 2.75) is 51.1 Å². The average Bonchev–Trinajstić information content (AvgIpc) is 3.37. The van der Waals surface area contributed by atoms with E-state index in [9.17, 15) is 0 Å². The minimum Gasteiger partial charge on any atom is -0.377 e. The highest BCUT2D eigenvalue weighted by Crippen LogP contribution is 2.28. The van der Waals surface area contributed by atoms with E-state index >= 15 is 0 Å². The summed E-state index contributed by atoms with van der Waals surface area (Å²) in [7, 11) is -1.12. The number of hydrogen-bond donors (Lipinski definition) is 0. The quantitative estimate of drug-likeness (QED) is 0.343. The number of hydrogen-bond acceptors (Lipinski definition) is 7. The molecule has 0 aliphatic carbocycles. The van der Waals surface area contributed by atoms with Gasteiger partial charge in [-0.15, -0.1) is 0 Å². The lowest BCUT2D eigenvalue weighted by Gasteiger charge is -2.34. The summed E-state index contributed by atoms with van der Waals surface area (Å²) in [4.78, 5) is 7.40. The van der Waals surface area contributed by atoms with Crippen molar-refractivity contribution in [3.63, 3.8) is 0 Å². The Morgan fingerprint density at radius 3 is 2.88 bits per heavy atom. The van der Waals surface area contributed by atoms with Crippen molar-refractivity contribution < 1.29 is 9.47 Å². The van der Waals surface area contributed by atoms with Crippen LogP contribution < -0.4 is 4.90 Å². The maximum absolute atomic E-state index is 5.95. The van der Waals surface area contributed by atoms with Crippen LogP contribution in [-0.2, 0) is 22.0 Å². The molecule has 1 atom stereocenters. The summed E-state index contributed by atoms with van der Waals surface area (Å²) >= 11 is 1.81. The number of fused-ring (bicyclic) bond motifs is 1. The van der Waals surface area contributed by atoms with Crippen molar-refractivity contribution in [3.05, 3.63) is 30.1 Å². The first-order chi connectivity index (χ1) is 15.4. The molecule has 1 aliphatic rings. The van der Waals surface area contributed by atoms with Gasteiger partial charge in [-0.3, -0.25) is 0 Å². The highest BCUT2D eigenvalue weighted by atomic mass is 32.2. The van der Waals surface area contributed by atoms with E-state index < -0.39 is 8.07 Å². The van der Waals surface area contributed by atoms with Crippen molar-refractivity contribution in [2.75, 3.05) is 37.5 Å². The summed E-state index contributed by atoms with van der Waals surface area (Å²) in [6, 6.07) is 5.60. The number of rotatable bonds is 9. The molecule has 8 nitrogen and oxygen atoms in total. The summed E-state index contributed by atoms with van der Waals surface area (Å²) in [5.41, 5.74) is 2.11. The molecule has 10 heteroatoms. The largest absolute Gasteiger partial charge is 0.377 e. The standard InChI is InChI=1S/C22H34N6O2SSi/c1-17-14-29-9-8-26(17)20-12-18(15-31-2)19-13-24-28(22(19)25-20)21-6-7-23-27(21)16-30-10-11-32(3,4)5/h6-7,12-13,17H,8-11,14-16H2,1-5H3/t17-/m1/s1. The summed E-state index contributed by atoms with van der Waals surface area (Å²) in [5, 5.41) is 10.3. The third-order valence-corrected chi connectivity index (χ3v) is 8.00. The Labute approximate surface area is 195 Å². The number of nitrogens with zero attached hydrogens (tertiary/aromatic N) is 6. The maximum atomic E-state index is 5.95. The molecule has 0 radical (unpaired) electrons. The maximum Gasteiger partial charge on any atom is 0.167 e. The lowest BCUT2D eigenvalue weighted by Crippen LogP contribution is -2.44. The molecular formula is C22H34N6O2SSi. The van der Waals surface area contributed by atoms with Gasteiger partial charge in [0.1, 0.15) is 12.5 Å². The van der Waals surface area contributed by atoms with Crippen LogP contribution in [0.15, 0.2) is 24.5 Å². The molecule has 0 aromatic carbocycles. The first-order valence-corrected chi connectivity index (χ1v) is 16.3. The van der Waals surface area contributed by atoms with Gasteiger partial charge in [-0.1, -0.05) is 19.6 Å². The molecule has 4 rings (SSSR count). The van der Waals surface area contributed by atoms with Crippen LogP contribution in [0.5, 0.6) is 0 Å². The van der Waals surface area contributed by atoms with E-state index in [1.807, 2.05) is 33.4 Å². The Kier molecular flexibility index (Phi) is 7.23. The lowest BCUT2D eigenvalue weighted by atomic mass is 10.2. The van der Waals surface area contributed by atoms with Gasteiger partial charge in [-0.2, -0.15) is 26.6 Å². The Hall–Kier alpha value is -1.88. The molecule has 0 bridgehead atoms. The Balaban J connectivity index is 1.66. The fourth-order valence-electron chi connectivity index (χ4n) is 3.84. The van der Waals surface area contributed by atoms with Gasteiger partial charge in [0, 0.05) is 38.4 Å². The molecule has 32 heavy (non-hydrogen) atoms. The van der Waals surface area contributed by atoms with Gasteiger partial charge in [-0.05, 0) is 30.9 Å². The van der Waals surface area contributed by atoms with Crippen molar-refractivity contribution in [2.24, 2.45) is 0 Å². The SMILES string of the molecule is CSCc1cc(N2CCOC[C@H]2C)nc2c1cnn2-c1ccnn1COCC[Si](C)(C)C. The first-order valence-electron chi connectivity index (χ1n) is 11.2. The number of anilines is 1. The van der Waals surface area contributed by atoms with E-state index in [-0.39, 0.29) is 6.04 Å². The van der Waals surface area contributed by atoms with Gasteiger partial charge in [0.25, 0.3) is 0 Å². The van der Waals surface area contributed by atoms with E-state index in [4.69, 9.17) is 19.6 Å². The van der Waals surface area contributed by atoms with Crippen molar-refractivity contribution in [1.29, 1.82) is 0 Å². The normalized spacial score (nSPS) is 17.4. The molecule has 0 amide bonds. The van der Waals surface area contributed by atoms with Crippen LogP contribution >= 0.6 is 11.8 Å².